The minimum absolute atomic E-state index is 0.0295. The Bertz CT molecular complexity index is 549. The van der Waals surface area contributed by atoms with Crippen LogP contribution in [0.15, 0.2) is 28.4 Å². The molecule has 0 saturated heterocycles. The number of aromatic nitrogens is 2. The van der Waals surface area contributed by atoms with Gasteiger partial charge in [-0.15, -0.1) is 0 Å². The molecule has 0 bridgehead atoms. The number of anilines is 2. The van der Waals surface area contributed by atoms with E-state index in [1.54, 1.807) is 0 Å². The maximum atomic E-state index is 11.0. The molecule has 0 aromatic carbocycles. The molecule has 0 amide bonds. The van der Waals surface area contributed by atoms with Crippen molar-refractivity contribution in [2.24, 2.45) is 0 Å². The van der Waals surface area contributed by atoms with Crippen LogP contribution in [0.5, 0.6) is 0 Å². The van der Waals surface area contributed by atoms with Crippen LogP contribution in [0.2, 0.25) is 0 Å². The van der Waals surface area contributed by atoms with Crippen LogP contribution >= 0.6 is 11.3 Å². The van der Waals surface area contributed by atoms with Gasteiger partial charge in [0.1, 0.15) is 11.6 Å². The molecule has 2 heterocycles. The fraction of sp³-hybridized carbons (Fsp3) is 0.333. The van der Waals surface area contributed by atoms with E-state index in [9.17, 15) is 4.79 Å². The van der Waals surface area contributed by atoms with Crippen LogP contribution in [0.4, 0.5) is 11.6 Å². The van der Waals surface area contributed by atoms with Gasteiger partial charge in [-0.2, -0.15) is 0 Å². The van der Waals surface area contributed by atoms with Crippen molar-refractivity contribution >= 4 is 23.0 Å². The van der Waals surface area contributed by atoms with Crippen molar-refractivity contribution in [2.45, 2.75) is 19.9 Å². The second kappa shape index (κ2) is 6.20. The fourth-order valence-electron chi connectivity index (χ4n) is 1.47. The minimum Gasteiger partial charge on any atom is -0.370 e. The number of H-pyrrole nitrogens is 1. The van der Waals surface area contributed by atoms with Crippen molar-refractivity contribution in [3.05, 3.63) is 38.9 Å². The number of aromatic amines is 1. The van der Waals surface area contributed by atoms with E-state index in [-0.39, 0.29) is 4.87 Å². The summed E-state index contributed by atoms with van der Waals surface area (Å²) in [4.78, 5) is 18.1. The average Bonchev–Trinajstić information content (AvgIpc) is 2.80. The summed E-state index contributed by atoms with van der Waals surface area (Å²) in [6, 6.07) is 5.79. The molecule has 0 aliphatic carbocycles. The van der Waals surface area contributed by atoms with Gasteiger partial charge >= 0.3 is 4.87 Å². The van der Waals surface area contributed by atoms with E-state index in [2.05, 4.69) is 27.5 Å². The molecule has 3 N–H and O–H groups in total. The number of hydrogen-bond acceptors (Lipinski definition) is 5. The number of thiazole rings is 1. The Morgan fingerprint density at radius 1 is 1.33 bits per heavy atom. The Balaban J connectivity index is 1.94. The van der Waals surface area contributed by atoms with Gasteiger partial charge in [-0.3, -0.25) is 4.79 Å². The van der Waals surface area contributed by atoms with E-state index in [0.717, 1.165) is 30.3 Å². The average molecular weight is 264 g/mol. The SMILES string of the molecule is CCCNc1cccc(NCc2csc(=O)[nH]2)n1. The highest BCUT2D eigenvalue weighted by Crippen LogP contribution is 2.10. The highest BCUT2D eigenvalue weighted by molar-refractivity contribution is 7.07. The maximum Gasteiger partial charge on any atom is 0.304 e. The first-order chi connectivity index (χ1) is 8.78. The van der Waals surface area contributed by atoms with E-state index in [0.29, 0.717) is 6.54 Å². The van der Waals surface area contributed by atoms with Gasteiger partial charge in [-0.1, -0.05) is 24.3 Å². The molecular weight excluding hydrogens is 248 g/mol. The third kappa shape index (κ3) is 3.59. The van der Waals surface area contributed by atoms with E-state index >= 15 is 0 Å². The lowest BCUT2D eigenvalue weighted by Crippen LogP contribution is -2.06. The zero-order chi connectivity index (χ0) is 12.8. The molecule has 0 aliphatic heterocycles. The zero-order valence-electron chi connectivity index (χ0n) is 10.2. The highest BCUT2D eigenvalue weighted by Gasteiger charge is 1.99. The number of pyridine rings is 1. The lowest BCUT2D eigenvalue weighted by molar-refractivity contribution is 0.967. The first-order valence-corrected chi connectivity index (χ1v) is 6.77. The second-order valence-electron chi connectivity index (χ2n) is 3.86. The number of nitrogens with zero attached hydrogens (tertiary/aromatic N) is 1. The van der Waals surface area contributed by atoms with Crippen LogP contribution in [0.25, 0.3) is 0 Å². The van der Waals surface area contributed by atoms with Crippen molar-refractivity contribution < 1.29 is 0 Å². The van der Waals surface area contributed by atoms with Gasteiger partial charge in [-0.05, 0) is 18.6 Å². The number of nitrogens with one attached hydrogen (secondary N) is 3. The van der Waals surface area contributed by atoms with E-state index in [4.69, 9.17) is 0 Å². The first kappa shape index (κ1) is 12.6. The van der Waals surface area contributed by atoms with Gasteiger partial charge in [-0.25, -0.2) is 4.98 Å². The monoisotopic (exact) mass is 264 g/mol. The van der Waals surface area contributed by atoms with Gasteiger partial charge < -0.3 is 15.6 Å². The Morgan fingerprint density at radius 3 is 2.78 bits per heavy atom. The molecule has 2 rings (SSSR count). The van der Waals surface area contributed by atoms with Crippen molar-refractivity contribution in [1.82, 2.24) is 9.97 Å². The van der Waals surface area contributed by atoms with Crippen molar-refractivity contribution in [2.75, 3.05) is 17.2 Å². The van der Waals surface area contributed by atoms with E-state index in [1.165, 1.54) is 11.3 Å². The standard InChI is InChI=1S/C12H16N4OS/c1-2-6-13-10-4-3-5-11(16-10)14-7-9-8-18-12(17)15-9/h3-5,8H,2,6-7H2,1H3,(H,15,17)(H2,13,14,16). The van der Waals surface area contributed by atoms with Crippen LogP contribution in [-0.4, -0.2) is 16.5 Å². The highest BCUT2D eigenvalue weighted by atomic mass is 32.1. The van der Waals surface area contributed by atoms with Gasteiger partial charge in [0.25, 0.3) is 0 Å². The Kier molecular flexibility index (Phi) is 4.35. The van der Waals surface area contributed by atoms with Crippen molar-refractivity contribution in [3.8, 4) is 0 Å². The van der Waals surface area contributed by atoms with Gasteiger partial charge in [0.15, 0.2) is 0 Å². The molecule has 0 saturated carbocycles. The van der Waals surface area contributed by atoms with E-state index < -0.39 is 0 Å². The molecule has 2 aromatic rings. The molecule has 2 aromatic heterocycles. The number of hydrogen-bond donors (Lipinski definition) is 3. The van der Waals surface area contributed by atoms with Crippen LogP contribution in [0, 0.1) is 0 Å². The Hall–Kier alpha value is -1.82. The van der Waals surface area contributed by atoms with E-state index in [1.807, 2.05) is 23.6 Å². The summed E-state index contributed by atoms with van der Waals surface area (Å²) in [5, 5.41) is 8.22. The van der Waals surface area contributed by atoms with Crippen molar-refractivity contribution in [3.63, 3.8) is 0 Å². The summed E-state index contributed by atoms with van der Waals surface area (Å²) in [6.07, 6.45) is 1.06. The van der Waals surface area contributed by atoms with Gasteiger partial charge in [0.2, 0.25) is 0 Å². The summed E-state index contributed by atoms with van der Waals surface area (Å²) in [6.45, 7) is 3.60. The molecule has 0 aliphatic rings. The van der Waals surface area contributed by atoms with Crippen molar-refractivity contribution in [1.29, 1.82) is 0 Å². The van der Waals surface area contributed by atoms with Gasteiger partial charge in [0, 0.05) is 17.6 Å². The van der Waals surface area contributed by atoms with Crippen LogP contribution in [0.3, 0.4) is 0 Å². The third-order valence-electron chi connectivity index (χ3n) is 2.34. The lowest BCUT2D eigenvalue weighted by atomic mass is 10.4. The topological polar surface area (TPSA) is 69.8 Å². The summed E-state index contributed by atoms with van der Waals surface area (Å²) >= 11 is 1.17. The Morgan fingerprint density at radius 2 is 2.11 bits per heavy atom. The summed E-state index contributed by atoms with van der Waals surface area (Å²) in [5.74, 6) is 1.66. The minimum atomic E-state index is -0.0295. The molecule has 96 valence electrons. The molecule has 6 heteroatoms. The Labute approximate surface area is 109 Å². The second-order valence-corrected chi connectivity index (χ2v) is 4.70. The quantitative estimate of drug-likeness (QED) is 0.748. The molecular formula is C12H16N4OS. The summed E-state index contributed by atoms with van der Waals surface area (Å²) < 4.78 is 0. The van der Waals surface area contributed by atoms with Gasteiger partial charge in [0.05, 0.1) is 6.54 Å². The molecule has 0 fully saturated rings. The molecule has 18 heavy (non-hydrogen) atoms. The molecule has 0 spiro atoms. The predicted octanol–water partition coefficient (Wildman–Crippen LogP) is 2.27. The molecule has 0 unspecified atom stereocenters. The summed E-state index contributed by atoms with van der Waals surface area (Å²) in [7, 11) is 0. The molecule has 0 atom stereocenters. The fourth-order valence-corrected chi connectivity index (χ4v) is 2.05. The first-order valence-electron chi connectivity index (χ1n) is 5.89. The molecule has 5 nitrogen and oxygen atoms in total. The third-order valence-corrected chi connectivity index (χ3v) is 3.05. The lowest BCUT2D eigenvalue weighted by Gasteiger charge is -2.07. The van der Waals surface area contributed by atoms with Crippen LogP contribution in [-0.2, 0) is 6.54 Å². The zero-order valence-corrected chi connectivity index (χ0v) is 11.0. The van der Waals surface area contributed by atoms with Crippen LogP contribution < -0.4 is 15.5 Å². The smallest absolute Gasteiger partial charge is 0.304 e. The van der Waals surface area contributed by atoms with Crippen LogP contribution in [0.1, 0.15) is 19.0 Å². The largest absolute Gasteiger partial charge is 0.370 e. The predicted molar refractivity (Wildman–Crippen MR) is 75.3 cm³/mol. The molecule has 0 radical (unpaired) electrons. The normalized spacial score (nSPS) is 10.3. The maximum absolute atomic E-state index is 11.0. The summed E-state index contributed by atoms with van der Waals surface area (Å²) in [5.41, 5.74) is 0.874. The number of rotatable bonds is 6.